The van der Waals surface area contributed by atoms with Crippen LogP contribution >= 0.6 is 0 Å². The number of halogens is 3. The molecule has 0 bridgehead atoms. The predicted molar refractivity (Wildman–Crippen MR) is 158 cm³/mol. The van der Waals surface area contributed by atoms with E-state index in [9.17, 15) is 31.5 Å². The number of carbonyl (C=O) groups is 1. The smallest absolute Gasteiger partial charge is 0.416 e. The monoisotopic (exact) mass is 642 g/mol. The van der Waals surface area contributed by atoms with Gasteiger partial charge in [-0.05, 0) is 36.8 Å². The Kier molecular flexibility index (Phi) is 12.2. The highest BCUT2D eigenvalue weighted by Gasteiger charge is 2.37. The number of aliphatic carboxylic acids is 1. The van der Waals surface area contributed by atoms with Gasteiger partial charge in [-0.1, -0.05) is 29.8 Å². The number of carboxylic acids is 1. The lowest BCUT2D eigenvalue weighted by Crippen LogP contribution is -2.48. The zero-order valence-electron chi connectivity index (χ0n) is 24.8. The van der Waals surface area contributed by atoms with E-state index in [4.69, 9.17) is 9.47 Å². The molecule has 10 nitrogen and oxygen atoms in total. The Morgan fingerprint density at radius 3 is 2.00 bits per heavy atom. The number of alkyl halides is 3. The first kappa shape index (κ1) is 34.3. The zero-order valence-corrected chi connectivity index (χ0v) is 25.7. The molecule has 44 heavy (non-hydrogen) atoms. The van der Waals surface area contributed by atoms with Gasteiger partial charge in [-0.25, -0.2) is 8.42 Å². The third-order valence-corrected chi connectivity index (χ3v) is 9.92. The van der Waals surface area contributed by atoms with Gasteiger partial charge >= 0.3 is 12.1 Å². The lowest BCUT2D eigenvalue weighted by Gasteiger charge is -2.34. The van der Waals surface area contributed by atoms with E-state index in [1.807, 2.05) is 6.92 Å². The van der Waals surface area contributed by atoms with Crippen LogP contribution < -0.4 is 5.32 Å². The molecule has 14 heteroatoms. The zero-order chi connectivity index (χ0) is 31.7. The molecule has 2 heterocycles. The molecule has 2 aliphatic heterocycles. The second kappa shape index (κ2) is 15.6. The van der Waals surface area contributed by atoms with Gasteiger partial charge in [-0.2, -0.15) is 17.5 Å². The molecule has 0 aliphatic carbocycles. The predicted octanol–water partition coefficient (Wildman–Crippen LogP) is 2.70. The molecule has 0 spiro atoms. The molecule has 2 fully saturated rings. The Morgan fingerprint density at radius 2 is 1.48 bits per heavy atom. The normalized spacial score (nSPS) is 18.8. The maximum absolute atomic E-state index is 13.9. The number of hydrogen-bond acceptors (Lipinski definition) is 8. The van der Waals surface area contributed by atoms with Crippen LogP contribution in [0.5, 0.6) is 0 Å². The summed E-state index contributed by atoms with van der Waals surface area (Å²) in [5.74, 6) is -2.56. The van der Waals surface area contributed by atoms with Crippen molar-refractivity contribution in [3.63, 3.8) is 0 Å². The fourth-order valence-electron chi connectivity index (χ4n) is 5.37. The minimum absolute atomic E-state index is 0.0352. The maximum atomic E-state index is 13.9. The third-order valence-electron chi connectivity index (χ3n) is 8.04. The summed E-state index contributed by atoms with van der Waals surface area (Å²) in [6.07, 6.45) is -4.55. The number of nitrogens with one attached hydrogen (secondary N) is 1. The first-order valence-electron chi connectivity index (χ1n) is 14.8. The Bertz CT molecular complexity index is 1300. The minimum Gasteiger partial charge on any atom is -0.481 e. The van der Waals surface area contributed by atoms with Crippen LogP contribution in [0.3, 0.4) is 0 Å². The molecule has 0 saturated carbocycles. The SMILES string of the molecule is Cc1ccc(S(=O)(=O)N(CCN2CCOCC2)CC(C(=O)O)C(NCCN2CCOCC2)c2ccc(C(F)(F)F)cc2)cc1. The van der Waals surface area contributed by atoms with Gasteiger partial charge in [0.25, 0.3) is 0 Å². The molecule has 244 valence electrons. The van der Waals surface area contributed by atoms with Gasteiger partial charge in [0.2, 0.25) is 10.0 Å². The number of carboxylic acid groups (broad SMARTS) is 1. The summed E-state index contributed by atoms with van der Waals surface area (Å²) in [5, 5.41) is 13.7. The average molecular weight is 643 g/mol. The largest absolute Gasteiger partial charge is 0.481 e. The Balaban J connectivity index is 1.63. The summed E-state index contributed by atoms with van der Waals surface area (Å²) >= 11 is 0. The fraction of sp³-hybridized carbons (Fsp3) is 0.567. The molecule has 2 aliphatic rings. The van der Waals surface area contributed by atoms with Crippen molar-refractivity contribution in [1.29, 1.82) is 0 Å². The van der Waals surface area contributed by atoms with Crippen molar-refractivity contribution in [1.82, 2.24) is 19.4 Å². The first-order chi connectivity index (χ1) is 20.9. The number of benzene rings is 2. The summed E-state index contributed by atoms with van der Waals surface area (Å²) in [4.78, 5) is 17.1. The van der Waals surface area contributed by atoms with Crippen molar-refractivity contribution in [2.75, 3.05) is 85.3 Å². The Labute approximate surface area is 256 Å². The molecule has 2 saturated heterocycles. The van der Waals surface area contributed by atoms with Gasteiger partial charge in [0.1, 0.15) is 0 Å². The van der Waals surface area contributed by atoms with Crippen LogP contribution in [-0.2, 0) is 30.5 Å². The highest BCUT2D eigenvalue weighted by atomic mass is 32.2. The van der Waals surface area contributed by atoms with Crippen LogP contribution in [-0.4, -0.2) is 119 Å². The molecule has 0 aromatic heterocycles. The van der Waals surface area contributed by atoms with Gasteiger partial charge < -0.3 is 19.9 Å². The third kappa shape index (κ3) is 9.46. The van der Waals surface area contributed by atoms with Crippen LogP contribution in [0.25, 0.3) is 0 Å². The first-order valence-corrected chi connectivity index (χ1v) is 16.2. The number of nitrogens with zero attached hydrogens (tertiary/aromatic N) is 3. The van der Waals surface area contributed by atoms with Gasteiger partial charge in [0.05, 0.1) is 42.8 Å². The number of ether oxygens (including phenoxy) is 2. The Hall–Kier alpha value is -2.59. The minimum atomic E-state index is -4.55. The van der Waals surface area contributed by atoms with E-state index in [0.717, 1.165) is 17.7 Å². The van der Waals surface area contributed by atoms with Crippen molar-refractivity contribution in [3.05, 3.63) is 65.2 Å². The number of aryl methyl sites for hydroxylation is 1. The van der Waals surface area contributed by atoms with Gasteiger partial charge in [-0.3, -0.25) is 14.6 Å². The molecule has 0 radical (unpaired) electrons. The quantitative estimate of drug-likeness (QED) is 0.322. The van der Waals surface area contributed by atoms with E-state index in [1.165, 1.54) is 28.6 Å². The lowest BCUT2D eigenvalue weighted by molar-refractivity contribution is -0.143. The van der Waals surface area contributed by atoms with Crippen molar-refractivity contribution < 1.29 is 41.0 Å². The van der Waals surface area contributed by atoms with Gasteiger partial charge in [0, 0.05) is 64.9 Å². The number of hydrogen-bond donors (Lipinski definition) is 2. The van der Waals surface area contributed by atoms with Crippen LogP contribution in [0.15, 0.2) is 53.4 Å². The van der Waals surface area contributed by atoms with E-state index >= 15 is 0 Å². The van der Waals surface area contributed by atoms with Gasteiger partial charge in [0.15, 0.2) is 0 Å². The van der Waals surface area contributed by atoms with Crippen LogP contribution in [0.4, 0.5) is 13.2 Å². The van der Waals surface area contributed by atoms with Crippen molar-refractivity contribution in [3.8, 4) is 0 Å². The van der Waals surface area contributed by atoms with Crippen LogP contribution in [0.2, 0.25) is 0 Å². The number of sulfonamides is 1. The lowest BCUT2D eigenvalue weighted by atomic mass is 9.92. The average Bonchev–Trinajstić information content (AvgIpc) is 3.00. The fourth-order valence-corrected chi connectivity index (χ4v) is 6.82. The summed E-state index contributed by atoms with van der Waals surface area (Å²) in [6.45, 7) is 7.62. The molecule has 2 unspecified atom stereocenters. The summed E-state index contributed by atoms with van der Waals surface area (Å²) in [7, 11) is -4.11. The number of rotatable bonds is 14. The highest BCUT2D eigenvalue weighted by molar-refractivity contribution is 7.89. The van der Waals surface area contributed by atoms with E-state index in [1.54, 1.807) is 12.1 Å². The maximum Gasteiger partial charge on any atom is 0.416 e. The van der Waals surface area contributed by atoms with Gasteiger partial charge in [-0.15, -0.1) is 0 Å². The van der Waals surface area contributed by atoms with E-state index in [2.05, 4.69) is 15.1 Å². The van der Waals surface area contributed by atoms with Crippen LogP contribution in [0.1, 0.15) is 22.7 Å². The van der Waals surface area contributed by atoms with Crippen molar-refractivity contribution >= 4 is 16.0 Å². The summed E-state index contributed by atoms with van der Waals surface area (Å²) in [6, 6.07) is 9.75. The second-order valence-electron chi connectivity index (χ2n) is 11.1. The van der Waals surface area contributed by atoms with E-state index in [-0.39, 0.29) is 18.0 Å². The summed E-state index contributed by atoms with van der Waals surface area (Å²) in [5.41, 5.74) is 0.349. The topological polar surface area (TPSA) is 112 Å². The molecule has 2 N–H and O–H groups in total. The Morgan fingerprint density at radius 1 is 0.932 bits per heavy atom. The molecule has 2 atom stereocenters. The number of morpholine rings is 2. The highest BCUT2D eigenvalue weighted by Crippen LogP contribution is 2.32. The molecule has 2 aromatic rings. The molecular weight excluding hydrogens is 601 g/mol. The second-order valence-corrected chi connectivity index (χ2v) is 13.0. The standard InChI is InChI=1S/C30H41F3N4O6S/c1-23-2-8-26(9-3-23)44(40,41)37(13-12-36-16-20-43-21-17-36)22-27(29(38)39)28(34-10-11-35-14-18-42-19-15-35)24-4-6-25(7-5-24)30(31,32)33/h2-9,27-28,34H,10-22H2,1H3,(H,38,39). The molecule has 4 rings (SSSR count). The van der Waals surface area contributed by atoms with Crippen molar-refractivity contribution in [2.24, 2.45) is 5.92 Å². The molecule has 0 amide bonds. The van der Waals surface area contributed by atoms with E-state index < -0.39 is 39.7 Å². The summed E-state index contributed by atoms with van der Waals surface area (Å²) < 4.78 is 79.8. The van der Waals surface area contributed by atoms with E-state index in [0.29, 0.717) is 77.8 Å². The van der Waals surface area contributed by atoms with Crippen molar-refractivity contribution in [2.45, 2.75) is 24.0 Å². The molecule has 2 aromatic carbocycles. The van der Waals surface area contributed by atoms with Crippen LogP contribution in [0, 0.1) is 12.8 Å². The molecular formula is C30H41F3N4O6S.